The minimum absolute atomic E-state index is 0.0114. The first-order valence-corrected chi connectivity index (χ1v) is 8.44. The van der Waals surface area contributed by atoms with Crippen LogP contribution < -0.4 is 14.8 Å². The molecular formula is C20H22N2O4. The van der Waals surface area contributed by atoms with Crippen molar-refractivity contribution >= 4 is 17.5 Å². The summed E-state index contributed by atoms with van der Waals surface area (Å²) >= 11 is 0. The summed E-state index contributed by atoms with van der Waals surface area (Å²) in [6.07, 6.45) is 0.228. The van der Waals surface area contributed by atoms with Crippen LogP contribution in [0.5, 0.6) is 11.5 Å². The van der Waals surface area contributed by atoms with E-state index in [0.717, 1.165) is 17.1 Å². The van der Waals surface area contributed by atoms with E-state index in [9.17, 15) is 9.59 Å². The predicted octanol–water partition coefficient (Wildman–Crippen LogP) is 2.69. The summed E-state index contributed by atoms with van der Waals surface area (Å²) in [7, 11) is 3.20. The number of amides is 2. The van der Waals surface area contributed by atoms with Gasteiger partial charge in [-0.1, -0.05) is 12.1 Å². The average molecular weight is 354 g/mol. The Kier molecular flexibility index (Phi) is 5.41. The van der Waals surface area contributed by atoms with Gasteiger partial charge in [-0.2, -0.15) is 0 Å². The molecule has 0 radical (unpaired) electrons. The SMILES string of the molecule is COc1ccc(NC(=O)[C@@H]2CC(=O)N(Cc3cccc(OC)c3)C2)cc1. The lowest BCUT2D eigenvalue weighted by Crippen LogP contribution is -2.28. The first-order valence-electron chi connectivity index (χ1n) is 8.44. The van der Waals surface area contributed by atoms with E-state index in [-0.39, 0.29) is 24.2 Å². The van der Waals surface area contributed by atoms with E-state index in [1.54, 1.807) is 43.4 Å². The average Bonchev–Trinajstić information content (AvgIpc) is 3.03. The molecule has 6 heteroatoms. The number of anilines is 1. The van der Waals surface area contributed by atoms with Crippen LogP contribution in [0, 0.1) is 5.92 Å². The first kappa shape index (κ1) is 17.8. The van der Waals surface area contributed by atoms with Crippen LogP contribution in [0.2, 0.25) is 0 Å². The third kappa shape index (κ3) is 4.14. The highest BCUT2D eigenvalue weighted by atomic mass is 16.5. The molecule has 3 rings (SSSR count). The summed E-state index contributed by atoms with van der Waals surface area (Å²) in [4.78, 5) is 26.5. The molecule has 1 saturated heterocycles. The van der Waals surface area contributed by atoms with Crippen LogP contribution in [0.25, 0.3) is 0 Å². The van der Waals surface area contributed by atoms with Gasteiger partial charge in [0.2, 0.25) is 11.8 Å². The van der Waals surface area contributed by atoms with Crippen molar-refractivity contribution in [2.45, 2.75) is 13.0 Å². The van der Waals surface area contributed by atoms with E-state index < -0.39 is 0 Å². The zero-order valence-electron chi connectivity index (χ0n) is 14.9. The van der Waals surface area contributed by atoms with Gasteiger partial charge in [-0.05, 0) is 42.0 Å². The lowest BCUT2D eigenvalue weighted by Gasteiger charge is -2.17. The molecule has 2 amide bonds. The summed E-state index contributed by atoms with van der Waals surface area (Å²) in [5.74, 6) is 0.973. The number of benzene rings is 2. The summed E-state index contributed by atoms with van der Waals surface area (Å²) < 4.78 is 10.3. The predicted molar refractivity (Wildman–Crippen MR) is 98.1 cm³/mol. The van der Waals surface area contributed by atoms with E-state index in [1.165, 1.54) is 0 Å². The highest BCUT2D eigenvalue weighted by molar-refractivity contribution is 5.97. The molecule has 6 nitrogen and oxygen atoms in total. The van der Waals surface area contributed by atoms with Gasteiger partial charge in [0.05, 0.1) is 20.1 Å². The minimum Gasteiger partial charge on any atom is -0.497 e. The third-order valence-electron chi connectivity index (χ3n) is 4.45. The molecule has 2 aromatic carbocycles. The Bertz CT molecular complexity index is 789. The number of nitrogens with one attached hydrogen (secondary N) is 1. The van der Waals surface area contributed by atoms with Crippen LogP contribution in [-0.2, 0) is 16.1 Å². The fraction of sp³-hybridized carbons (Fsp3) is 0.300. The number of likely N-dealkylation sites (tertiary alicyclic amines) is 1. The van der Waals surface area contributed by atoms with Gasteiger partial charge in [-0.25, -0.2) is 0 Å². The van der Waals surface area contributed by atoms with Gasteiger partial charge in [0.25, 0.3) is 0 Å². The quantitative estimate of drug-likeness (QED) is 0.866. The van der Waals surface area contributed by atoms with Gasteiger partial charge >= 0.3 is 0 Å². The van der Waals surface area contributed by atoms with Crippen molar-refractivity contribution < 1.29 is 19.1 Å². The molecular weight excluding hydrogens is 332 g/mol. The fourth-order valence-electron chi connectivity index (χ4n) is 3.01. The molecule has 2 aromatic rings. The molecule has 1 aliphatic rings. The monoisotopic (exact) mass is 354 g/mol. The second kappa shape index (κ2) is 7.91. The third-order valence-corrected chi connectivity index (χ3v) is 4.45. The van der Waals surface area contributed by atoms with E-state index in [0.29, 0.717) is 18.8 Å². The number of carbonyl (C=O) groups excluding carboxylic acids is 2. The fourth-order valence-corrected chi connectivity index (χ4v) is 3.01. The van der Waals surface area contributed by atoms with Gasteiger partial charge in [0.1, 0.15) is 11.5 Å². The smallest absolute Gasteiger partial charge is 0.229 e. The molecule has 1 aliphatic heterocycles. The van der Waals surface area contributed by atoms with Crippen molar-refractivity contribution in [3.63, 3.8) is 0 Å². The Morgan fingerprint density at radius 2 is 1.85 bits per heavy atom. The zero-order valence-corrected chi connectivity index (χ0v) is 14.9. The number of hydrogen-bond acceptors (Lipinski definition) is 4. The molecule has 136 valence electrons. The number of carbonyl (C=O) groups is 2. The van der Waals surface area contributed by atoms with Crippen molar-refractivity contribution in [3.8, 4) is 11.5 Å². The molecule has 1 fully saturated rings. The molecule has 0 spiro atoms. The van der Waals surface area contributed by atoms with Crippen LogP contribution in [0.3, 0.4) is 0 Å². The Hall–Kier alpha value is -3.02. The Labute approximate surface area is 152 Å². The van der Waals surface area contributed by atoms with Crippen molar-refractivity contribution in [2.75, 3.05) is 26.1 Å². The summed E-state index contributed by atoms with van der Waals surface area (Å²) in [5.41, 5.74) is 1.67. The highest BCUT2D eigenvalue weighted by Crippen LogP contribution is 2.24. The summed E-state index contributed by atoms with van der Waals surface area (Å²) in [5, 5.41) is 2.87. The molecule has 0 aromatic heterocycles. The summed E-state index contributed by atoms with van der Waals surface area (Å²) in [6.45, 7) is 0.889. The summed E-state index contributed by atoms with van der Waals surface area (Å²) in [6, 6.07) is 14.7. The topological polar surface area (TPSA) is 67.9 Å². The molecule has 0 aliphatic carbocycles. The van der Waals surface area contributed by atoms with Crippen molar-refractivity contribution in [1.29, 1.82) is 0 Å². The maximum Gasteiger partial charge on any atom is 0.229 e. The second-order valence-electron chi connectivity index (χ2n) is 6.24. The Balaban J connectivity index is 1.60. The molecule has 1 heterocycles. The van der Waals surface area contributed by atoms with Crippen LogP contribution in [0.15, 0.2) is 48.5 Å². The van der Waals surface area contributed by atoms with E-state index >= 15 is 0 Å². The van der Waals surface area contributed by atoms with Gasteiger partial charge in [0.15, 0.2) is 0 Å². The van der Waals surface area contributed by atoms with E-state index in [4.69, 9.17) is 9.47 Å². The zero-order chi connectivity index (χ0) is 18.5. The number of hydrogen-bond donors (Lipinski definition) is 1. The maximum absolute atomic E-state index is 12.5. The molecule has 0 unspecified atom stereocenters. The minimum atomic E-state index is -0.352. The largest absolute Gasteiger partial charge is 0.497 e. The van der Waals surface area contributed by atoms with Crippen LogP contribution in [-0.4, -0.2) is 37.5 Å². The van der Waals surface area contributed by atoms with Crippen molar-refractivity contribution in [1.82, 2.24) is 4.90 Å². The van der Waals surface area contributed by atoms with Gasteiger partial charge in [-0.15, -0.1) is 0 Å². The van der Waals surface area contributed by atoms with Gasteiger partial charge in [-0.3, -0.25) is 9.59 Å². The number of methoxy groups -OCH3 is 2. The van der Waals surface area contributed by atoms with E-state index in [2.05, 4.69) is 5.32 Å². The molecule has 1 N–H and O–H groups in total. The molecule has 26 heavy (non-hydrogen) atoms. The van der Waals surface area contributed by atoms with Crippen LogP contribution in [0.1, 0.15) is 12.0 Å². The second-order valence-corrected chi connectivity index (χ2v) is 6.24. The van der Waals surface area contributed by atoms with Crippen LogP contribution in [0.4, 0.5) is 5.69 Å². The molecule has 1 atom stereocenters. The molecule has 0 saturated carbocycles. The Morgan fingerprint density at radius 1 is 1.12 bits per heavy atom. The molecule has 0 bridgehead atoms. The maximum atomic E-state index is 12.5. The van der Waals surface area contributed by atoms with Gasteiger partial charge in [0, 0.05) is 25.2 Å². The van der Waals surface area contributed by atoms with Crippen molar-refractivity contribution in [2.24, 2.45) is 5.92 Å². The number of nitrogens with zero attached hydrogens (tertiary/aromatic N) is 1. The van der Waals surface area contributed by atoms with Crippen LogP contribution >= 0.6 is 0 Å². The van der Waals surface area contributed by atoms with Gasteiger partial charge < -0.3 is 19.7 Å². The Morgan fingerprint density at radius 3 is 2.54 bits per heavy atom. The first-order chi connectivity index (χ1) is 12.6. The lowest BCUT2D eigenvalue weighted by molar-refractivity contribution is -0.128. The normalized spacial score (nSPS) is 16.5. The highest BCUT2D eigenvalue weighted by Gasteiger charge is 2.34. The number of rotatable bonds is 6. The lowest BCUT2D eigenvalue weighted by atomic mass is 10.1. The number of ether oxygens (including phenoxy) is 2. The van der Waals surface area contributed by atoms with Crippen molar-refractivity contribution in [3.05, 3.63) is 54.1 Å². The standard InChI is InChI=1S/C20H22N2O4/c1-25-17-8-6-16(7-9-17)21-20(24)15-11-19(23)22(13-15)12-14-4-3-5-18(10-14)26-2/h3-10,15H,11-13H2,1-2H3,(H,21,24)/t15-/m1/s1. The van der Waals surface area contributed by atoms with E-state index in [1.807, 2.05) is 24.3 Å².